The van der Waals surface area contributed by atoms with Crippen LogP contribution < -0.4 is 10.6 Å². The molecule has 1 spiro atoms. The summed E-state index contributed by atoms with van der Waals surface area (Å²) in [6.45, 7) is 17.9. The largest absolute Gasteiger partial charge is 0.317 e. The van der Waals surface area contributed by atoms with Gasteiger partial charge in [-0.05, 0) is 100 Å². The average molecular weight is 431 g/mol. The Morgan fingerprint density at radius 1 is 1.03 bits per heavy atom. The van der Waals surface area contributed by atoms with Gasteiger partial charge in [-0.2, -0.15) is 5.10 Å². The first-order valence-corrected chi connectivity index (χ1v) is 13.2. The highest BCUT2D eigenvalue weighted by molar-refractivity contribution is 5.12. The third kappa shape index (κ3) is 7.75. The Bertz CT molecular complexity index is 633. The van der Waals surface area contributed by atoms with Gasteiger partial charge < -0.3 is 10.6 Å². The lowest BCUT2D eigenvalue weighted by Gasteiger charge is -2.40. The minimum absolute atomic E-state index is 0.615. The third-order valence-electron chi connectivity index (χ3n) is 7.63. The van der Waals surface area contributed by atoms with Gasteiger partial charge in [-0.25, -0.2) is 0 Å². The first-order valence-electron chi connectivity index (χ1n) is 13.2. The Labute approximate surface area is 192 Å². The highest BCUT2D eigenvalue weighted by Crippen LogP contribution is 2.43. The predicted molar refractivity (Wildman–Crippen MR) is 135 cm³/mol. The number of piperidine rings is 2. The summed E-state index contributed by atoms with van der Waals surface area (Å²) >= 11 is 0. The smallest absolute Gasteiger partial charge is 0.0543 e. The number of nitrogens with zero attached hydrogens (tertiary/aromatic N) is 2. The van der Waals surface area contributed by atoms with E-state index in [4.69, 9.17) is 0 Å². The molecule has 4 nitrogen and oxygen atoms in total. The van der Waals surface area contributed by atoms with Crippen LogP contribution in [-0.2, 0) is 0 Å². The lowest BCUT2D eigenvalue weighted by atomic mass is 9.68. The molecule has 178 valence electrons. The summed E-state index contributed by atoms with van der Waals surface area (Å²) in [5, 5.41) is 11.4. The molecule has 2 aliphatic heterocycles. The zero-order chi connectivity index (χ0) is 22.7. The normalized spacial score (nSPS) is 22.1. The van der Waals surface area contributed by atoms with Crippen molar-refractivity contribution in [3.8, 4) is 0 Å². The second-order valence-corrected chi connectivity index (χ2v) is 9.93. The van der Waals surface area contributed by atoms with Crippen molar-refractivity contribution in [3.63, 3.8) is 0 Å². The van der Waals surface area contributed by atoms with E-state index in [0.717, 1.165) is 19.0 Å². The molecule has 31 heavy (non-hydrogen) atoms. The van der Waals surface area contributed by atoms with Gasteiger partial charge in [0, 0.05) is 6.20 Å². The molecule has 0 bridgehead atoms. The summed E-state index contributed by atoms with van der Waals surface area (Å²) < 4.78 is 2.17. The van der Waals surface area contributed by atoms with Gasteiger partial charge >= 0.3 is 0 Å². The number of rotatable bonds is 4. The minimum Gasteiger partial charge on any atom is -0.317 e. The van der Waals surface area contributed by atoms with Crippen molar-refractivity contribution in [2.45, 2.75) is 105 Å². The van der Waals surface area contributed by atoms with Crippen LogP contribution in [-0.4, -0.2) is 36.0 Å². The topological polar surface area (TPSA) is 41.9 Å². The summed E-state index contributed by atoms with van der Waals surface area (Å²) in [6, 6.07) is 0.615. The first kappa shape index (κ1) is 26.1. The van der Waals surface area contributed by atoms with Gasteiger partial charge in [-0.3, -0.25) is 4.68 Å². The van der Waals surface area contributed by atoms with Crippen LogP contribution >= 0.6 is 0 Å². The van der Waals surface area contributed by atoms with Crippen LogP contribution in [0.15, 0.2) is 24.0 Å². The Kier molecular flexibility index (Phi) is 11.3. The molecule has 0 amide bonds. The van der Waals surface area contributed by atoms with Gasteiger partial charge in [0.2, 0.25) is 0 Å². The van der Waals surface area contributed by atoms with Gasteiger partial charge in [0.25, 0.3) is 0 Å². The van der Waals surface area contributed by atoms with Crippen molar-refractivity contribution in [1.29, 1.82) is 0 Å². The standard InChI is InChI=1S/C13H23N.C12H21N3.C2H6/c1-11(2)12-3-5-13(6-4-12)7-9-14-10-8-13;1-3-10(2)11-8-14-15(9-11)12-4-6-13-7-5-12;1-2/h3,11,14H,4-10H2,1-2H3;8-10,12-13H,3-7H2,1-2H3;1-2H3. The van der Waals surface area contributed by atoms with E-state index in [1.165, 1.54) is 70.0 Å². The van der Waals surface area contributed by atoms with Crippen molar-refractivity contribution in [2.24, 2.45) is 11.3 Å². The summed E-state index contributed by atoms with van der Waals surface area (Å²) in [6.07, 6.45) is 17.4. The fourth-order valence-electron chi connectivity index (χ4n) is 5.01. The van der Waals surface area contributed by atoms with Crippen LogP contribution in [0.2, 0.25) is 0 Å². The Hall–Kier alpha value is -1.13. The van der Waals surface area contributed by atoms with E-state index in [1.54, 1.807) is 5.57 Å². The van der Waals surface area contributed by atoms with Gasteiger partial charge in [0.05, 0.1) is 12.2 Å². The van der Waals surface area contributed by atoms with E-state index >= 15 is 0 Å². The van der Waals surface area contributed by atoms with E-state index in [2.05, 4.69) is 60.4 Å². The molecule has 1 unspecified atom stereocenters. The summed E-state index contributed by atoms with van der Waals surface area (Å²) in [4.78, 5) is 0. The second kappa shape index (κ2) is 13.4. The van der Waals surface area contributed by atoms with Crippen molar-refractivity contribution >= 4 is 0 Å². The molecule has 2 fully saturated rings. The Morgan fingerprint density at radius 3 is 2.23 bits per heavy atom. The molecule has 0 saturated carbocycles. The lowest BCUT2D eigenvalue weighted by Crippen LogP contribution is -2.37. The SMILES string of the molecule is CC.CC(C)C1=CCC2(CCNCC2)CC1.CCC(C)c1cnn(C2CCNCC2)c1. The minimum atomic E-state index is 0.615. The molecule has 1 aromatic rings. The molecule has 3 aliphatic rings. The Morgan fingerprint density at radius 2 is 1.68 bits per heavy atom. The fourth-order valence-corrected chi connectivity index (χ4v) is 5.01. The number of nitrogens with one attached hydrogen (secondary N) is 2. The lowest BCUT2D eigenvalue weighted by molar-refractivity contribution is 0.177. The summed E-state index contributed by atoms with van der Waals surface area (Å²) in [5.74, 6) is 1.41. The van der Waals surface area contributed by atoms with E-state index in [1.807, 2.05) is 20.0 Å². The zero-order valence-electron chi connectivity index (χ0n) is 21.3. The fraction of sp³-hybridized carbons (Fsp3) is 0.815. The maximum absolute atomic E-state index is 4.50. The molecule has 4 rings (SSSR count). The van der Waals surface area contributed by atoms with Crippen LogP contribution in [0.5, 0.6) is 0 Å². The number of hydrogen-bond donors (Lipinski definition) is 2. The molecule has 1 aromatic heterocycles. The molecule has 1 atom stereocenters. The van der Waals surface area contributed by atoms with Crippen LogP contribution in [0.25, 0.3) is 0 Å². The number of aromatic nitrogens is 2. The van der Waals surface area contributed by atoms with E-state index in [-0.39, 0.29) is 0 Å². The second-order valence-electron chi connectivity index (χ2n) is 9.93. The van der Waals surface area contributed by atoms with Crippen LogP contribution in [0.3, 0.4) is 0 Å². The number of hydrogen-bond acceptors (Lipinski definition) is 3. The first-order chi connectivity index (χ1) is 15.0. The van der Waals surface area contributed by atoms with Crippen molar-refractivity contribution in [2.75, 3.05) is 26.2 Å². The van der Waals surface area contributed by atoms with E-state index in [9.17, 15) is 0 Å². The predicted octanol–water partition coefficient (Wildman–Crippen LogP) is 6.47. The monoisotopic (exact) mass is 430 g/mol. The molecule has 2 N–H and O–H groups in total. The molecule has 4 heteroatoms. The molecule has 0 aromatic carbocycles. The quantitative estimate of drug-likeness (QED) is 0.538. The van der Waals surface area contributed by atoms with E-state index < -0.39 is 0 Å². The third-order valence-corrected chi connectivity index (χ3v) is 7.63. The molecule has 0 radical (unpaired) electrons. The van der Waals surface area contributed by atoms with Gasteiger partial charge in [-0.15, -0.1) is 0 Å². The van der Waals surface area contributed by atoms with Gasteiger partial charge in [0.1, 0.15) is 0 Å². The van der Waals surface area contributed by atoms with Crippen molar-refractivity contribution in [1.82, 2.24) is 20.4 Å². The highest BCUT2D eigenvalue weighted by Gasteiger charge is 2.33. The molecule has 3 heterocycles. The van der Waals surface area contributed by atoms with Crippen molar-refractivity contribution < 1.29 is 0 Å². The van der Waals surface area contributed by atoms with Crippen LogP contribution in [0.4, 0.5) is 0 Å². The zero-order valence-corrected chi connectivity index (χ0v) is 21.3. The molecular weight excluding hydrogens is 380 g/mol. The average Bonchev–Trinajstić information content (AvgIpc) is 3.32. The van der Waals surface area contributed by atoms with E-state index in [0.29, 0.717) is 17.4 Å². The van der Waals surface area contributed by atoms with Gasteiger partial charge in [0.15, 0.2) is 0 Å². The number of allylic oxidation sites excluding steroid dienone is 2. The highest BCUT2D eigenvalue weighted by atomic mass is 15.3. The van der Waals surface area contributed by atoms with Gasteiger partial charge in [-0.1, -0.05) is 53.2 Å². The Balaban J connectivity index is 0.000000204. The maximum atomic E-state index is 4.50. The summed E-state index contributed by atoms with van der Waals surface area (Å²) in [5.41, 5.74) is 3.77. The van der Waals surface area contributed by atoms with Crippen molar-refractivity contribution in [3.05, 3.63) is 29.6 Å². The summed E-state index contributed by atoms with van der Waals surface area (Å²) in [7, 11) is 0. The van der Waals surface area contributed by atoms with Crippen LogP contribution in [0.1, 0.15) is 110 Å². The molecule has 2 saturated heterocycles. The molecule has 1 aliphatic carbocycles. The molecular formula is C27H50N4. The maximum Gasteiger partial charge on any atom is 0.0543 e. The van der Waals surface area contributed by atoms with Crippen LogP contribution in [0, 0.1) is 11.3 Å².